The molecular formula is C26H33N5O3S. The van der Waals surface area contributed by atoms with Gasteiger partial charge in [0.05, 0.1) is 29.7 Å². The van der Waals surface area contributed by atoms with Gasteiger partial charge in [0.2, 0.25) is 10.0 Å². The van der Waals surface area contributed by atoms with Crippen LogP contribution in [-0.4, -0.2) is 80.1 Å². The van der Waals surface area contributed by atoms with Crippen LogP contribution in [0.15, 0.2) is 53.4 Å². The third kappa shape index (κ3) is 4.91. The first-order chi connectivity index (χ1) is 17.0. The largest absolute Gasteiger partial charge is 0.378 e. The molecule has 0 amide bonds. The number of benzene rings is 2. The van der Waals surface area contributed by atoms with Gasteiger partial charge in [-0.25, -0.2) is 18.4 Å². The van der Waals surface area contributed by atoms with Crippen molar-refractivity contribution in [1.29, 1.82) is 0 Å². The molecule has 0 N–H and O–H groups in total. The first kappa shape index (κ1) is 24.1. The number of sulfonamides is 1. The molecule has 2 fully saturated rings. The Morgan fingerprint density at radius 1 is 0.914 bits per heavy atom. The number of aromatic nitrogens is 2. The summed E-state index contributed by atoms with van der Waals surface area (Å²) < 4.78 is 33.5. The molecule has 0 bridgehead atoms. The Bertz CT molecular complexity index is 1270. The van der Waals surface area contributed by atoms with Gasteiger partial charge in [-0.1, -0.05) is 31.2 Å². The van der Waals surface area contributed by atoms with Crippen molar-refractivity contribution < 1.29 is 13.2 Å². The Morgan fingerprint density at radius 3 is 2.29 bits per heavy atom. The average Bonchev–Trinajstić information content (AvgIpc) is 2.92. The second-order valence-electron chi connectivity index (χ2n) is 9.14. The average molecular weight is 496 g/mol. The van der Waals surface area contributed by atoms with E-state index < -0.39 is 10.0 Å². The van der Waals surface area contributed by atoms with Gasteiger partial charge >= 0.3 is 0 Å². The number of anilines is 1. The van der Waals surface area contributed by atoms with Crippen LogP contribution >= 0.6 is 0 Å². The maximum atomic E-state index is 13.2. The molecule has 3 aromatic rings. The fourth-order valence-corrected chi connectivity index (χ4v) is 6.24. The molecule has 2 saturated heterocycles. The van der Waals surface area contributed by atoms with Gasteiger partial charge in [0.1, 0.15) is 11.6 Å². The Kier molecular flexibility index (Phi) is 7.02. The number of nitrogens with zero attached hydrogens (tertiary/aromatic N) is 5. The van der Waals surface area contributed by atoms with E-state index in [-0.39, 0.29) is 6.04 Å². The van der Waals surface area contributed by atoms with Crippen LogP contribution in [0.5, 0.6) is 0 Å². The van der Waals surface area contributed by atoms with E-state index in [0.717, 1.165) is 47.6 Å². The smallest absolute Gasteiger partial charge is 0.243 e. The maximum Gasteiger partial charge on any atom is 0.243 e. The van der Waals surface area contributed by atoms with Gasteiger partial charge in [-0.2, -0.15) is 4.31 Å². The predicted molar refractivity (Wildman–Crippen MR) is 137 cm³/mol. The van der Waals surface area contributed by atoms with Crippen LogP contribution in [0.2, 0.25) is 0 Å². The van der Waals surface area contributed by atoms with Crippen LogP contribution in [-0.2, 0) is 21.2 Å². The van der Waals surface area contributed by atoms with Crippen LogP contribution in [0.1, 0.15) is 31.3 Å². The molecule has 2 aromatic carbocycles. The highest BCUT2D eigenvalue weighted by Crippen LogP contribution is 2.29. The molecule has 35 heavy (non-hydrogen) atoms. The van der Waals surface area contributed by atoms with E-state index in [1.54, 1.807) is 16.4 Å². The van der Waals surface area contributed by atoms with E-state index in [0.29, 0.717) is 44.3 Å². The zero-order valence-corrected chi connectivity index (χ0v) is 21.2. The molecule has 3 heterocycles. The van der Waals surface area contributed by atoms with Crippen molar-refractivity contribution in [3.05, 3.63) is 59.9 Å². The zero-order valence-electron chi connectivity index (χ0n) is 20.4. The highest BCUT2D eigenvalue weighted by Gasteiger charge is 2.31. The Labute approximate surface area is 207 Å². The van der Waals surface area contributed by atoms with Crippen LogP contribution in [0.3, 0.4) is 0 Å². The fourth-order valence-electron chi connectivity index (χ4n) is 4.82. The predicted octanol–water partition coefficient (Wildman–Crippen LogP) is 3.10. The van der Waals surface area contributed by atoms with Crippen molar-refractivity contribution >= 4 is 26.7 Å². The van der Waals surface area contributed by atoms with E-state index in [1.807, 2.05) is 30.3 Å². The molecule has 2 aliphatic heterocycles. The van der Waals surface area contributed by atoms with Gasteiger partial charge < -0.3 is 9.64 Å². The Balaban J connectivity index is 1.33. The van der Waals surface area contributed by atoms with E-state index in [9.17, 15) is 8.42 Å². The number of morpholine rings is 1. The maximum absolute atomic E-state index is 13.2. The molecule has 0 spiro atoms. The molecule has 1 atom stereocenters. The molecule has 2 aliphatic rings. The summed E-state index contributed by atoms with van der Waals surface area (Å²) in [4.78, 5) is 14.8. The first-order valence-electron chi connectivity index (χ1n) is 12.4. The third-order valence-corrected chi connectivity index (χ3v) is 8.99. The zero-order chi connectivity index (χ0) is 24.4. The minimum absolute atomic E-state index is 0.0203. The Morgan fingerprint density at radius 2 is 1.60 bits per heavy atom. The number of ether oxygens (including phenoxy) is 1. The summed E-state index contributed by atoms with van der Waals surface area (Å²) in [5.74, 6) is 1.73. The van der Waals surface area contributed by atoms with Crippen molar-refractivity contribution in [3.8, 4) is 0 Å². The lowest BCUT2D eigenvalue weighted by Crippen LogP contribution is -2.49. The summed E-state index contributed by atoms with van der Waals surface area (Å²) in [7, 11) is -3.49. The monoisotopic (exact) mass is 495 g/mol. The molecule has 1 unspecified atom stereocenters. The second-order valence-corrected chi connectivity index (χ2v) is 11.1. The highest BCUT2D eigenvalue weighted by atomic mass is 32.2. The first-order valence-corrected chi connectivity index (χ1v) is 13.8. The number of piperazine rings is 1. The molecule has 0 radical (unpaired) electrons. The van der Waals surface area contributed by atoms with E-state index >= 15 is 0 Å². The quantitative estimate of drug-likeness (QED) is 0.520. The van der Waals surface area contributed by atoms with Crippen molar-refractivity contribution in [2.75, 3.05) is 57.4 Å². The topological polar surface area (TPSA) is 78.9 Å². The number of rotatable bonds is 6. The SMILES string of the molecule is CCc1ccc(S(=O)(=O)N2CCN(C(C)c3nc(N4CCOCC4)c4ccccc4n3)CC2)cc1. The molecular weight excluding hydrogens is 462 g/mol. The van der Waals surface area contributed by atoms with Crippen molar-refractivity contribution in [2.45, 2.75) is 31.2 Å². The van der Waals surface area contributed by atoms with E-state index in [2.05, 4.69) is 29.7 Å². The lowest BCUT2D eigenvalue weighted by atomic mass is 10.1. The number of para-hydroxylation sites is 1. The van der Waals surface area contributed by atoms with Crippen LogP contribution < -0.4 is 4.90 Å². The molecule has 1 aromatic heterocycles. The molecule has 0 aliphatic carbocycles. The third-order valence-electron chi connectivity index (χ3n) is 7.08. The summed E-state index contributed by atoms with van der Waals surface area (Å²) in [6.45, 7) is 9.36. The van der Waals surface area contributed by atoms with Gasteiger partial charge in [-0.3, -0.25) is 4.90 Å². The molecule has 186 valence electrons. The number of aryl methyl sites for hydroxylation is 1. The van der Waals surface area contributed by atoms with Crippen molar-refractivity contribution in [3.63, 3.8) is 0 Å². The van der Waals surface area contributed by atoms with Crippen LogP contribution in [0.25, 0.3) is 10.9 Å². The lowest BCUT2D eigenvalue weighted by molar-refractivity contribution is 0.122. The Hall–Kier alpha value is -2.59. The molecule has 9 heteroatoms. The lowest BCUT2D eigenvalue weighted by Gasteiger charge is -2.37. The van der Waals surface area contributed by atoms with Crippen LogP contribution in [0.4, 0.5) is 5.82 Å². The standard InChI is InChI=1S/C26H33N5O3S/c1-3-21-8-10-22(11-9-21)35(32,33)31-14-12-29(13-15-31)20(2)25-27-24-7-5-4-6-23(24)26(28-25)30-16-18-34-19-17-30/h4-11,20H,3,12-19H2,1-2H3. The molecule has 8 nitrogen and oxygen atoms in total. The molecule has 0 saturated carbocycles. The van der Waals surface area contributed by atoms with Gasteiger partial charge in [-0.05, 0) is 43.2 Å². The second kappa shape index (κ2) is 10.2. The van der Waals surface area contributed by atoms with Gasteiger partial charge in [-0.15, -0.1) is 0 Å². The summed E-state index contributed by atoms with van der Waals surface area (Å²) in [6, 6.07) is 15.4. The van der Waals surface area contributed by atoms with Gasteiger partial charge in [0.25, 0.3) is 0 Å². The normalized spacial score (nSPS) is 19.2. The van der Waals surface area contributed by atoms with E-state index in [1.165, 1.54) is 0 Å². The van der Waals surface area contributed by atoms with Gasteiger partial charge in [0.15, 0.2) is 0 Å². The highest BCUT2D eigenvalue weighted by molar-refractivity contribution is 7.89. The minimum atomic E-state index is -3.49. The van der Waals surface area contributed by atoms with Crippen molar-refractivity contribution in [1.82, 2.24) is 19.2 Å². The van der Waals surface area contributed by atoms with E-state index in [4.69, 9.17) is 14.7 Å². The van der Waals surface area contributed by atoms with Crippen LogP contribution in [0, 0.1) is 0 Å². The number of fused-ring (bicyclic) bond motifs is 1. The van der Waals surface area contributed by atoms with Gasteiger partial charge in [0, 0.05) is 44.7 Å². The summed E-state index contributed by atoms with van der Waals surface area (Å²) >= 11 is 0. The van der Waals surface area contributed by atoms with Crippen molar-refractivity contribution in [2.24, 2.45) is 0 Å². The fraction of sp³-hybridized carbons (Fsp3) is 0.462. The summed E-state index contributed by atoms with van der Waals surface area (Å²) in [5.41, 5.74) is 2.07. The summed E-state index contributed by atoms with van der Waals surface area (Å²) in [6.07, 6.45) is 0.890. The molecule has 5 rings (SSSR count). The number of hydrogen-bond donors (Lipinski definition) is 0. The summed E-state index contributed by atoms with van der Waals surface area (Å²) in [5, 5.41) is 1.05. The number of hydrogen-bond acceptors (Lipinski definition) is 7. The minimum Gasteiger partial charge on any atom is -0.378 e.